The van der Waals surface area contributed by atoms with Gasteiger partial charge in [-0.25, -0.2) is 13.6 Å². The summed E-state index contributed by atoms with van der Waals surface area (Å²) < 4.78 is 22.2. The van der Waals surface area contributed by atoms with Crippen molar-refractivity contribution in [2.75, 3.05) is 12.3 Å². The maximum Gasteiger partial charge on any atom is 0.210 e. The predicted molar refractivity (Wildman–Crippen MR) is 85.4 cm³/mol. The molecule has 0 aliphatic heterocycles. The third kappa shape index (κ3) is 4.67. The lowest BCUT2D eigenvalue weighted by Gasteiger charge is -2.21. The third-order valence-corrected chi connectivity index (χ3v) is 4.14. The van der Waals surface area contributed by atoms with Gasteiger partial charge in [0.1, 0.15) is 0 Å². The molecule has 2 aromatic carbocycles. The van der Waals surface area contributed by atoms with Crippen molar-refractivity contribution in [2.24, 2.45) is 5.14 Å². The van der Waals surface area contributed by atoms with Gasteiger partial charge in [-0.2, -0.15) is 0 Å². The monoisotopic (exact) mass is 304 g/mol. The molecule has 0 fully saturated rings. The Kier molecular flexibility index (Phi) is 5.12. The number of hydrogen-bond donors (Lipinski definition) is 2. The molecule has 5 heteroatoms. The first kappa shape index (κ1) is 15.7. The minimum Gasteiger partial charge on any atom is -0.305 e. The first-order chi connectivity index (χ1) is 9.97. The fourth-order valence-corrected chi connectivity index (χ4v) is 2.71. The van der Waals surface area contributed by atoms with Crippen LogP contribution in [0.15, 0.2) is 54.6 Å². The Morgan fingerprint density at radius 2 is 1.67 bits per heavy atom. The van der Waals surface area contributed by atoms with Crippen LogP contribution in [-0.2, 0) is 10.0 Å². The van der Waals surface area contributed by atoms with Crippen molar-refractivity contribution in [1.29, 1.82) is 0 Å². The lowest BCUT2D eigenvalue weighted by atomic mass is 9.95. The summed E-state index contributed by atoms with van der Waals surface area (Å²) in [7, 11) is -3.46. The fraction of sp³-hybridized carbons (Fsp3) is 0.250. The van der Waals surface area contributed by atoms with Gasteiger partial charge in [0.25, 0.3) is 0 Å². The summed E-state index contributed by atoms with van der Waals surface area (Å²) in [6, 6.07) is 18.0. The van der Waals surface area contributed by atoms with Crippen molar-refractivity contribution in [1.82, 2.24) is 5.32 Å². The largest absolute Gasteiger partial charge is 0.305 e. The van der Waals surface area contributed by atoms with Gasteiger partial charge in [-0.05, 0) is 23.6 Å². The lowest BCUT2D eigenvalue weighted by Crippen LogP contribution is -2.30. The molecule has 2 rings (SSSR count). The highest BCUT2D eigenvalue weighted by molar-refractivity contribution is 7.89. The molecule has 0 spiro atoms. The number of nitrogens with one attached hydrogen (secondary N) is 1. The lowest BCUT2D eigenvalue weighted by molar-refractivity contribution is 0.583. The number of rotatable bonds is 6. The summed E-state index contributed by atoms with van der Waals surface area (Å²) in [5, 5.41) is 8.35. The molecule has 4 nitrogen and oxygen atoms in total. The fourth-order valence-electron chi connectivity index (χ4n) is 2.31. The Balaban J connectivity index is 2.26. The van der Waals surface area contributed by atoms with Crippen LogP contribution in [0.2, 0.25) is 0 Å². The molecule has 3 N–H and O–H groups in total. The van der Waals surface area contributed by atoms with Crippen LogP contribution in [0.4, 0.5) is 0 Å². The van der Waals surface area contributed by atoms with Crippen molar-refractivity contribution in [3.8, 4) is 0 Å². The quantitative estimate of drug-likeness (QED) is 0.857. The first-order valence-corrected chi connectivity index (χ1v) is 8.53. The number of hydrogen-bond acceptors (Lipinski definition) is 3. The number of primary sulfonamides is 1. The molecule has 0 aliphatic carbocycles. The normalized spacial score (nSPS) is 13.0. The molecule has 0 saturated carbocycles. The van der Waals surface area contributed by atoms with Crippen LogP contribution >= 0.6 is 0 Å². The topological polar surface area (TPSA) is 72.2 Å². The molecular weight excluding hydrogens is 284 g/mol. The smallest absolute Gasteiger partial charge is 0.210 e. The summed E-state index contributed by atoms with van der Waals surface area (Å²) in [4.78, 5) is 0. The van der Waals surface area contributed by atoms with E-state index < -0.39 is 10.0 Å². The Morgan fingerprint density at radius 1 is 1.05 bits per heavy atom. The van der Waals surface area contributed by atoms with Gasteiger partial charge < -0.3 is 5.32 Å². The van der Waals surface area contributed by atoms with Gasteiger partial charge in [0.05, 0.1) is 11.8 Å². The van der Waals surface area contributed by atoms with E-state index in [0.717, 1.165) is 16.7 Å². The summed E-state index contributed by atoms with van der Waals surface area (Å²) >= 11 is 0. The van der Waals surface area contributed by atoms with Gasteiger partial charge in [-0.15, -0.1) is 0 Å². The molecule has 1 atom stereocenters. The molecular formula is C16H20N2O2S. The average Bonchev–Trinajstić information content (AvgIpc) is 2.45. The second-order valence-electron chi connectivity index (χ2n) is 5.02. The molecule has 21 heavy (non-hydrogen) atoms. The van der Waals surface area contributed by atoms with Crippen molar-refractivity contribution >= 4 is 10.0 Å². The van der Waals surface area contributed by atoms with Crippen molar-refractivity contribution < 1.29 is 8.42 Å². The van der Waals surface area contributed by atoms with Crippen molar-refractivity contribution in [3.63, 3.8) is 0 Å². The van der Waals surface area contributed by atoms with E-state index in [1.54, 1.807) is 0 Å². The standard InChI is InChI=1S/C16H20N2O2S/c1-13-7-5-6-10-15(13)16(14-8-3-2-4-9-14)18-11-12-21(17,19)20/h2-10,16,18H,11-12H2,1H3,(H2,17,19,20). The molecule has 0 radical (unpaired) electrons. The van der Waals surface area contributed by atoms with Crippen LogP contribution in [0.5, 0.6) is 0 Å². The second-order valence-corrected chi connectivity index (χ2v) is 6.76. The van der Waals surface area contributed by atoms with Crippen LogP contribution in [0.1, 0.15) is 22.7 Å². The summed E-state index contributed by atoms with van der Waals surface area (Å²) in [6.07, 6.45) is 0. The zero-order valence-electron chi connectivity index (χ0n) is 12.0. The van der Waals surface area contributed by atoms with Crippen LogP contribution in [0, 0.1) is 6.92 Å². The maximum atomic E-state index is 11.1. The zero-order chi connectivity index (χ0) is 15.3. The van der Waals surface area contributed by atoms with E-state index in [2.05, 4.69) is 11.4 Å². The highest BCUT2D eigenvalue weighted by Crippen LogP contribution is 2.24. The number of sulfonamides is 1. The van der Waals surface area contributed by atoms with Gasteiger partial charge in [0.2, 0.25) is 10.0 Å². The van der Waals surface area contributed by atoms with Gasteiger partial charge >= 0.3 is 0 Å². The predicted octanol–water partition coefficient (Wildman–Crippen LogP) is 1.96. The van der Waals surface area contributed by atoms with E-state index in [4.69, 9.17) is 5.14 Å². The highest BCUT2D eigenvalue weighted by atomic mass is 32.2. The highest BCUT2D eigenvalue weighted by Gasteiger charge is 2.15. The molecule has 0 aromatic heterocycles. The number of nitrogens with two attached hydrogens (primary N) is 1. The van der Waals surface area contributed by atoms with E-state index in [-0.39, 0.29) is 11.8 Å². The van der Waals surface area contributed by atoms with Crippen molar-refractivity contribution in [3.05, 3.63) is 71.3 Å². The van der Waals surface area contributed by atoms with Crippen LogP contribution < -0.4 is 10.5 Å². The Bertz CT molecular complexity index is 684. The van der Waals surface area contributed by atoms with Gasteiger partial charge in [0.15, 0.2) is 0 Å². The molecule has 112 valence electrons. The van der Waals surface area contributed by atoms with Gasteiger partial charge in [0, 0.05) is 6.54 Å². The van der Waals surface area contributed by atoms with Crippen LogP contribution in [0.25, 0.3) is 0 Å². The minimum atomic E-state index is -3.46. The Morgan fingerprint density at radius 3 is 2.29 bits per heavy atom. The average molecular weight is 304 g/mol. The molecule has 1 unspecified atom stereocenters. The van der Waals surface area contributed by atoms with E-state index in [1.807, 2.05) is 55.5 Å². The SMILES string of the molecule is Cc1ccccc1C(NCCS(N)(=O)=O)c1ccccc1. The van der Waals surface area contributed by atoms with E-state index in [1.165, 1.54) is 0 Å². The van der Waals surface area contributed by atoms with Crippen LogP contribution in [0.3, 0.4) is 0 Å². The van der Waals surface area contributed by atoms with Crippen LogP contribution in [-0.4, -0.2) is 20.7 Å². The number of benzene rings is 2. The molecule has 2 aromatic rings. The van der Waals surface area contributed by atoms with Gasteiger partial charge in [-0.1, -0.05) is 54.6 Å². The second kappa shape index (κ2) is 6.85. The van der Waals surface area contributed by atoms with Gasteiger partial charge in [-0.3, -0.25) is 0 Å². The van der Waals surface area contributed by atoms with E-state index in [9.17, 15) is 8.42 Å². The van der Waals surface area contributed by atoms with E-state index >= 15 is 0 Å². The Labute approximate surface area is 126 Å². The first-order valence-electron chi connectivity index (χ1n) is 6.82. The third-order valence-electron chi connectivity index (χ3n) is 3.37. The summed E-state index contributed by atoms with van der Waals surface area (Å²) in [5.41, 5.74) is 3.40. The molecule has 0 saturated heterocycles. The molecule has 0 heterocycles. The minimum absolute atomic E-state index is 0.0471. The molecule has 0 bridgehead atoms. The summed E-state index contributed by atoms with van der Waals surface area (Å²) in [5.74, 6) is -0.0811. The Hall–Kier alpha value is -1.69. The van der Waals surface area contributed by atoms with E-state index in [0.29, 0.717) is 6.54 Å². The zero-order valence-corrected chi connectivity index (χ0v) is 12.8. The number of aryl methyl sites for hydroxylation is 1. The van der Waals surface area contributed by atoms with Crippen molar-refractivity contribution in [2.45, 2.75) is 13.0 Å². The molecule has 0 aliphatic rings. The molecule has 0 amide bonds. The summed E-state index contributed by atoms with van der Waals surface area (Å²) in [6.45, 7) is 2.36. The maximum absolute atomic E-state index is 11.1.